The second kappa shape index (κ2) is 10.4. The Kier molecular flexibility index (Phi) is 5.56. The van der Waals surface area contributed by atoms with E-state index in [1.54, 1.807) is 0 Å². The average molecular weight is 697 g/mol. The lowest BCUT2D eigenvalue weighted by Crippen LogP contribution is -2.32. The molecule has 1 aliphatic heterocycles. The fraction of sp³-hybridized carbons (Fsp3) is 0.0370. The van der Waals surface area contributed by atoms with Crippen LogP contribution in [-0.2, 0) is 10.8 Å². The van der Waals surface area contributed by atoms with Crippen molar-refractivity contribution in [3.05, 3.63) is 239 Å². The minimum absolute atomic E-state index is 0.484. The summed E-state index contributed by atoms with van der Waals surface area (Å²) in [5, 5.41) is 2.53. The summed E-state index contributed by atoms with van der Waals surface area (Å²) in [4.78, 5) is 0. The van der Waals surface area contributed by atoms with Crippen LogP contribution in [-0.4, -0.2) is 0 Å². The molecule has 1 heterocycles. The zero-order valence-electron chi connectivity index (χ0n) is 29.9. The van der Waals surface area contributed by atoms with Gasteiger partial charge in [0.15, 0.2) is 0 Å². The predicted octanol–water partition coefficient (Wildman–Crippen LogP) is 13.3. The Labute approximate surface area is 319 Å². The zero-order valence-corrected chi connectivity index (χ0v) is 29.9. The lowest BCUT2D eigenvalue weighted by atomic mass is 9.65. The molecule has 0 saturated heterocycles. The molecule has 55 heavy (non-hydrogen) atoms. The summed E-state index contributed by atoms with van der Waals surface area (Å²) >= 11 is 0. The smallest absolute Gasteiger partial charge is 0.132 e. The molecule has 9 aromatic rings. The molecule has 13 rings (SSSR count). The maximum absolute atomic E-state index is 6.86. The summed E-state index contributed by atoms with van der Waals surface area (Å²) in [6.45, 7) is 0. The van der Waals surface area contributed by atoms with E-state index in [4.69, 9.17) is 4.74 Å². The fourth-order valence-corrected chi connectivity index (χ4v) is 11.1. The standard InChI is InChI=1S/C54H32O/c1-2-15-34-31-48-42(30-33(34)14-1)40-19-6-10-25-46(40)54(48)45-24-9-5-18-39(45)41-21-13-20-36(52(41)54)35-28-29-51-49(32-35)53(47-26-11-12-27-50(47)55-51)43-22-7-3-16-37(43)38-17-4-8-23-44(38)53/h1-32H. The van der Waals surface area contributed by atoms with E-state index in [0.717, 1.165) is 11.5 Å². The van der Waals surface area contributed by atoms with E-state index < -0.39 is 10.8 Å². The lowest BCUT2D eigenvalue weighted by molar-refractivity contribution is 0.436. The third-order valence-electron chi connectivity index (χ3n) is 13.1. The highest BCUT2D eigenvalue weighted by molar-refractivity contribution is 6.02. The summed E-state index contributed by atoms with van der Waals surface area (Å²) in [7, 11) is 0. The van der Waals surface area contributed by atoms with Crippen LogP contribution in [0.2, 0.25) is 0 Å². The Hall–Kier alpha value is -6.96. The van der Waals surface area contributed by atoms with Gasteiger partial charge in [-0.25, -0.2) is 0 Å². The fourth-order valence-electron chi connectivity index (χ4n) is 11.1. The van der Waals surface area contributed by atoms with E-state index in [1.807, 2.05) is 0 Å². The molecule has 3 aliphatic carbocycles. The van der Waals surface area contributed by atoms with Crippen LogP contribution in [0.3, 0.4) is 0 Å². The number of ether oxygens (including phenoxy) is 1. The zero-order chi connectivity index (χ0) is 35.9. The molecule has 0 radical (unpaired) electrons. The van der Waals surface area contributed by atoms with Crippen LogP contribution in [0, 0.1) is 0 Å². The van der Waals surface area contributed by atoms with Crippen molar-refractivity contribution in [2.75, 3.05) is 0 Å². The third-order valence-corrected chi connectivity index (χ3v) is 13.1. The molecule has 1 nitrogen and oxygen atoms in total. The highest BCUT2D eigenvalue weighted by Gasteiger charge is 2.54. The van der Waals surface area contributed by atoms with Crippen molar-refractivity contribution in [2.45, 2.75) is 10.8 Å². The van der Waals surface area contributed by atoms with Crippen molar-refractivity contribution >= 4 is 10.8 Å². The van der Waals surface area contributed by atoms with Crippen LogP contribution in [0.25, 0.3) is 55.3 Å². The van der Waals surface area contributed by atoms with Gasteiger partial charge in [0.25, 0.3) is 0 Å². The van der Waals surface area contributed by atoms with Gasteiger partial charge in [0.05, 0.1) is 10.8 Å². The van der Waals surface area contributed by atoms with E-state index in [1.165, 1.54) is 99.8 Å². The van der Waals surface area contributed by atoms with Gasteiger partial charge < -0.3 is 4.74 Å². The van der Waals surface area contributed by atoms with Crippen LogP contribution >= 0.6 is 0 Å². The molecule has 1 unspecified atom stereocenters. The minimum atomic E-state index is -0.530. The van der Waals surface area contributed by atoms with Gasteiger partial charge in [0.1, 0.15) is 11.5 Å². The number of benzene rings is 9. The third kappa shape index (κ3) is 3.46. The molecule has 1 heteroatoms. The van der Waals surface area contributed by atoms with Crippen molar-refractivity contribution in [3.63, 3.8) is 0 Å². The monoisotopic (exact) mass is 696 g/mol. The first-order chi connectivity index (χ1) is 27.3. The molecule has 0 fully saturated rings. The number of rotatable bonds is 1. The van der Waals surface area contributed by atoms with Crippen molar-refractivity contribution in [2.24, 2.45) is 0 Å². The molecular weight excluding hydrogens is 665 g/mol. The lowest BCUT2D eigenvalue weighted by Gasteiger charge is -2.39. The second-order valence-corrected chi connectivity index (χ2v) is 15.5. The van der Waals surface area contributed by atoms with Crippen LogP contribution in [0.15, 0.2) is 194 Å². The van der Waals surface area contributed by atoms with Crippen LogP contribution < -0.4 is 4.74 Å². The van der Waals surface area contributed by atoms with E-state index >= 15 is 0 Å². The van der Waals surface area contributed by atoms with Crippen molar-refractivity contribution in [1.29, 1.82) is 0 Å². The molecule has 4 aliphatic rings. The molecular formula is C54H32O. The molecule has 2 spiro atoms. The number of para-hydroxylation sites is 1. The molecule has 1 atom stereocenters. The normalized spacial score (nSPS) is 16.7. The SMILES string of the molecule is c1ccc2c(c1)Oc1ccc(-c3cccc4c3C3(c5ccccc5-c5cc6ccccc6cc53)c3ccccc3-4)cc1C21c2ccccc2-c2ccccc21. The molecule has 254 valence electrons. The molecule has 0 N–H and O–H groups in total. The van der Waals surface area contributed by atoms with Crippen LogP contribution in [0.1, 0.15) is 44.5 Å². The van der Waals surface area contributed by atoms with Crippen molar-refractivity contribution in [3.8, 4) is 56.0 Å². The second-order valence-electron chi connectivity index (χ2n) is 15.5. The van der Waals surface area contributed by atoms with Gasteiger partial charge in [-0.1, -0.05) is 164 Å². The number of fused-ring (bicyclic) bond motifs is 20. The summed E-state index contributed by atoms with van der Waals surface area (Å²) < 4.78 is 6.86. The predicted molar refractivity (Wildman–Crippen MR) is 223 cm³/mol. The first-order valence-corrected chi connectivity index (χ1v) is 19.3. The van der Waals surface area contributed by atoms with Crippen LogP contribution in [0.5, 0.6) is 11.5 Å². The maximum Gasteiger partial charge on any atom is 0.132 e. The Bertz CT molecular complexity index is 3100. The highest BCUT2D eigenvalue weighted by Crippen LogP contribution is 2.66. The molecule has 0 bridgehead atoms. The molecule has 0 saturated carbocycles. The quantitative estimate of drug-likeness (QED) is 0.166. The van der Waals surface area contributed by atoms with E-state index in [9.17, 15) is 0 Å². The summed E-state index contributed by atoms with van der Waals surface area (Å²) in [6, 6.07) is 72.5. The van der Waals surface area contributed by atoms with E-state index in [-0.39, 0.29) is 0 Å². The minimum Gasteiger partial charge on any atom is -0.457 e. The number of hydrogen-bond acceptors (Lipinski definition) is 1. The van der Waals surface area contributed by atoms with Gasteiger partial charge in [0.2, 0.25) is 0 Å². The van der Waals surface area contributed by atoms with Gasteiger partial charge in [-0.15, -0.1) is 0 Å². The Morgan fingerprint density at radius 3 is 1.42 bits per heavy atom. The van der Waals surface area contributed by atoms with Gasteiger partial charge >= 0.3 is 0 Å². The summed E-state index contributed by atoms with van der Waals surface area (Å²) in [5.41, 5.74) is 19.6. The summed E-state index contributed by atoms with van der Waals surface area (Å²) in [6.07, 6.45) is 0. The number of hydrogen-bond donors (Lipinski definition) is 0. The van der Waals surface area contributed by atoms with Crippen molar-refractivity contribution in [1.82, 2.24) is 0 Å². The Morgan fingerprint density at radius 1 is 0.273 bits per heavy atom. The Balaban J connectivity index is 1.14. The molecule has 9 aromatic carbocycles. The van der Waals surface area contributed by atoms with E-state index in [0.29, 0.717) is 0 Å². The topological polar surface area (TPSA) is 9.23 Å². The van der Waals surface area contributed by atoms with Gasteiger partial charge in [0, 0.05) is 11.1 Å². The molecule has 0 aromatic heterocycles. The summed E-state index contributed by atoms with van der Waals surface area (Å²) in [5.74, 6) is 1.82. The van der Waals surface area contributed by atoms with Crippen molar-refractivity contribution < 1.29 is 4.74 Å². The Morgan fingerprint density at radius 2 is 0.745 bits per heavy atom. The molecule has 0 amide bonds. The largest absolute Gasteiger partial charge is 0.457 e. The van der Waals surface area contributed by atoms with Crippen LogP contribution in [0.4, 0.5) is 0 Å². The van der Waals surface area contributed by atoms with Gasteiger partial charge in [-0.05, 0) is 119 Å². The first kappa shape index (κ1) is 29.5. The van der Waals surface area contributed by atoms with Gasteiger partial charge in [-0.3, -0.25) is 0 Å². The van der Waals surface area contributed by atoms with Gasteiger partial charge in [-0.2, -0.15) is 0 Å². The van der Waals surface area contributed by atoms with E-state index in [2.05, 4.69) is 194 Å². The average Bonchev–Trinajstić information content (AvgIpc) is 3.83. The first-order valence-electron chi connectivity index (χ1n) is 19.3. The highest BCUT2D eigenvalue weighted by atomic mass is 16.5. The maximum atomic E-state index is 6.86.